The summed E-state index contributed by atoms with van der Waals surface area (Å²) in [5.74, 6) is -2.38. The standard InChI is InChI=1S/C21H32N2O5.C11H21NO4.C11H19NO3.4CH4/c1-6-16(12-13-22-20(26)28-21(2,3)4)18(24)23-17(19(25)27-5)14-15-10-8-7-9-11-15;1-5-8(9(13)14)6-7-12-10(15)16-11(2,3)4;1-5-8-6-7-12(9(8)13)10(14)15-11(2,3)4;;;;/h7-11,16-17H,6,12-14H2,1-5H3,(H,22,26)(H,23,24);8H,5-7H2,1-4H3,(H,12,15)(H,13,14);8H,5-7H2,1-4H3;4*1H4/t16-,17+;2*8-;;;;/m111..../s1. The number of imide groups is 1. The van der Waals surface area contributed by atoms with Gasteiger partial charge in [0.2, 0.25) is 11.8 Å². The van der Waals surface area contributed by atoms with Crippen molar-refractivity contribution in [2.45, 2.75) is 181 Å². The zero-order valence-corrected chi connectivity index (χ0v) is 37.7. The number of benzene rings is 1. The SMILES string of the molecule is C.C.C.C.CC[C@@H]1CCN(C(=O)OC(C)(C)C)C1=O.CC[C@H](CCNC(=O)OC(C)(C)C)C(=O)N[C@@H](Cc1ccccc1)C(=O)OC.CC[C@H](CCNC(=O)OC(C)(C)C)C(=O)O. The van der Waals surface area contributed by atoms with Crippen LogP contribution in [0.1, 0.15) is 157 Å². The fourth-order valence-electron chi connectivity index (χ4n) is 5.44. The number of hydrogen-bond acceptors (Lipinski definition) is 11. The molecule has 0 spiro atoms. The molecule has 0 bridgehead atoms. The first-order valence-corrected chi connectivity index (χ1v) is 20.4. The number of likely N-dealkylation sites (tertiary alicyclic amines) is 1. The summed E-state index contributed by atoms with van der Waals surface area (Å²) in [6.45, 7) is 22.9. The van der Waals surface area contributed by atoms with Crippen molar-refractivity contribution >= 4 is 42.0 Å². The molecule has 0 aromatic heterocycles. The summed E-state index contributed by atoms with van der Waals surface area (Å²) in [5.41, 5.74) is -0.711. The van der Waals surface area contributed by atoms with E-state index >= 15 is 0 Å². The lowest BCUT2D eigenvalue weighted by Crippen LogP contribution is -2.46. The average molecular weight is 901 g/mol. The van der Waals surface area contributed by atoms with E-state index in [1.54, 1.807) is 62.3 Å². The van der Waals surface area contributed by atoms with Crippen LogP contribution in [-0.2, 0) is 44.5 Å². The minimum absolute atomic E-state index is 0. The second-order valence-corrected chi connectivity index (χ2v) is 17.1. The number of hydrogen-bond donors (Lipinski definition) is 4. The van der Waals surface area contributed by atoms with E-state index in [9.17, 15) is 33.6 Å². The van der Waals surface area contributed by atoms with Gasteiger partial charge in [0.1, 0.15) is 22.8 Å². The van der Waals surface area contributed by atoms with Crippen molar-refractivity contribution in [2.75, 3.05) is 26.7 Å². The molecule has 16 heteroatoms. The van der Waals surface area contributed by atoms with Gasteiger partial charge in [-0.3, -0.25) is 14.4 Å². The number of methoxy groups -OCH3 is 1. The van der Waals surface area contributed by atoms with Crippen LogP contribution < -0.4 is 16.0 Å². The highest BCUT2D eigenvalue weighted by Gasteiger charge is 2.36. The molecule has 1 aromatic carbocycles. The van der Waals surface area contributed by atoms with E-state index in [0.29, 0.717) is 51.7 Å². The number of amides is 5. The Balaban J connectivity index is -0.000000277. The molecule has 1 aliphatic heterocycles. The Kier molecular flexibility index (Phi) is 34.9. The summed E-state index contributed by atoms with van der Waals surface area (Å²) < 4.78 is 20.2. The third-order valence-electron chi connectivity index (χ3n) is 8.54. The van der Waals surface area contributed by atoms with Crippen LogP contribution in [0.3, 0.4) is 0 Å². The Morgan fingerprint density at radius 3 is 1.54 bits per heavy atom. The number of aliphatic carboxylic acids is 1. The van der Waals surface area contributed by atoms with Crippen molar-refractivity contribution in [3.05, 3.63) is 35.9 Å². The van der Waals surface area contributed by atoms with Crippen LogP contribution in [0, 0.1) is 17.8 Å². The fourth-order valence-corrected chi connectivity index (χ4v) is 5.44. The van der Waals surface area contributed by atoms with E-state index in [1.165, 1.54) is 12.0 Å². The third kappa shape index (κ3) is 30.7. The molecule has 1 aromatic rings. The van der Waals surface area contributed by atoms with Crippen molar-refractivity contribution in [2.24, 2.45) is 17.8 Å². The van der Waals surface area contributed by atoms with Gasteiger partial charge in [0.15, 0.2) is 0 Å². The van der Waals surface area contributed by atoms with E-state index in [1.807, 2.05) is 51.1 Å². The third-order valence-corrected chi connectivity index (χ3v) is 8.54. The molecule has 0 aliphatic carbocycles. The quantitative estimate of drug-likeness (QED) is 0.0956. The molecule has 1 saturated heterocycles. The van der Waals surface area contributed by atoms with E-state index in [0.717, 1.165) is 18.4 Å². The first-order chi connectivity index (χ1) is 27.3. The molecule has 368 valence electrons. The summed E-state index contributed by atoms with van der Waals surface area (Å²) in [7, 11) is 1.30. The Labute approximate surface area is 380 Å². The van der Waals surface area contributed by atoms with Crippen LogP contribution in [0.2, 0.25) is 0 Å². The van der Waals surface area contributed by atoms with Crippen LogP contribution in [0.15, 0.2) is 30.3 Å². The predicted molar refractivity (Wildman–Crippen MR) is 250 cm³/mol. The van der Waals surface area contributed by atoms with Crippen LogP contribution in [0.5, 0.6) is 0 Å². The number of nitrogens with zero attached hydrogens (tertiary/aromatic N) is 1. The van der Waals surface area contributed by atoms with Crippen LogP contribution in [-0.4, -0.2) is 102 Å². The van der Waals surface area contributed by atoms with Crippen molar-refractivity contribution in [1.82, 2.24) is 20.9 Å². The van der Waals surface area contributed by atoms with Gasteiger partial charge in [-0.05, 0) is 106 Å². The van der Waals surface area contributed by atoms with Crippen LogP contribution in [0.25, 0.3) is 0 Å². The second kappa shape index (κ2) is 32.7. The maximum Gasteiger partial charge on any atom is 0.417 e. The normalized spacial score (nSPS) is 14.4. The Morgan fingerprint density at radius 1 is 0.730 bits per heavy atom. The lowest BCUT2D eigenvalue weighted by Gasteiger charge is -2.23. The first kappa shape index (κ1) is 67.2. The lowest BCUT2D eigenvalue weighted by molar-refractivity contribution is -0.145. The molecule has 4 N–H and O–H groups in total. The van der Waals surface area contributed by atoms with Crippen molar-refractivity contribution in [3.63, 3.8) is 0 Å². The molecule has 1 aliphatic rings. The van der Waals surface area contributed by atoms with Gasteiger partial charge in [-0.15, -0.1) is 0 Å². The smallest absolute Gasteiger partial charge is 0.417 e. The number of carbonyl (C=O) groups is 7. The van der Waals surface area contributed by atoms with Gasteiger partial charge in [0, 0.05) is 37.9 Å². The number of carboxylic acids is 1. The highest BCUT2D eigenvalue weighted by atomic mass is 16.6. The van der Waals surface area contributed by atoms with E-state index in [2.05, 4.69) is 16.0 Å². The minimum atomic E-state index is -0.825. The van der Waals surface area contributed by atoms with Crippen molar-refractivity contribution in [1.29, 1.82) is 0 Å². The van der Waals surface area contributed by atoms with Gasteiger partial charge in [-0.2, -0.15) is 0 Å². The molecule has 4 atom stereocenters. The Morgan fingerprint density at radius 2 is 1.17 bits per heavy atom. The molecule has 0 unspecified atom stereocenters. The van der Waals surface area contributed by atoms with Gasteiger partial charge in [0.05, 0.1) is 13.0 Å². The molecule has 2 rings (SSSR count). The van der Waals surface area contributed by atoms with Gasteiger partial charge in [0.25, 0.3) is 0 Å². The molecular weight excluding hydrogens is 813 g/mol. The number of ether oxygens (including phenoxy) is 4. The molecule has 16 nitrogen and oxygen atoms in total. The highest BCUT2D eigenvalue weighted by molar-refractivity contribution is 5.95. The van der Waals surface area contributed by atoms with Crippen molar-refractivity contribution in [3.8, 4) is 0 Å². The van der Waals surface area contributed by atoms with Gasteiger partial charge in [-0.1, -0.05) is 80.8 Å². The summed E-state index contributed by atoms with van der Waals surface area (Å²) in [6.07, 6.45) is 2.38. The minimum Gasteiger partial charge on any atom is -0.481 e. The van der Waals surface area contributed by atoms with Crippen LogP contribution >= 0.6 is 0 Å². The van der Waals surface area contributed by atoms with Crippen molar-refractivity contribution < 1.29 is 57.6 Å². The fraction of sp³-hybridized carbons (Fsp3) is 0.723. The maximum atomic E-state index is 12.6. The number of carbonyl (C=O) groups excluding carboxylic acids is 6. The summed E-state index contributed by atoms with van der Waals surface area (Å²) in [4.78, 5) is 82.9. The van der Waals surface area contributed by atoms with E-state index in [-0.39, 0.29) is 53.4 Å². The van der Waals surface area contributed by atoms with Gasteiger partial charge >= 0.3 is 30.2 Å². The molecule has 1 fully saturated rings. The van der Waals surface area contributed by atoms with E-state index < -0.39 is 59.0 Å². The molecular formula is C47H88N4O12. The largest absolute Gasteiger partial charge is 0.481 e. The zero-order valence-electron chi connectivity index (χ0n) is 37.7. The number of alkyl carbamates (subject to hydrolysis) is 2. The predicted octanol–water partition coefficient (Wildman–Crippen LogP) is 9.56. The second-order valence-electron chi connectivity index (χ2n) is 17.1. The molecule has 0 saturated carbocycles. The Hall–Kier alpha value is -4.89. The highest BCUT2D eigenvalue weighted by Crippen LogP contribution is 2.23. The average Bonchev–Trinajstić information content (AvgIpc) is 3.50. The zero-order chi connectivity index (χ0) is 45.6. The first-order valence-electron chi connectivity index (χ1n) is 20.4. The molecule has 63 heavy (non-hydrogen) atoms. The summed E-state index contributed by atoms with van der Waals surface area (Å²) in [6, 6.07) is 8.67. The van der Waals surface area contributed by atoms with E-state index in [4.69, 9.17) is 24.1 Å². The number of esters is 1. The lowest BCUT2D eigenvalue weighted by atomic mass is 9.99. The van der Waals surface area contributed by atoms with Crippen LogP contribution in [0.4, 0.5) is 14.4 Å². The molecule has 5 amide bonds. The number of rotatable bonds is 15. The monoisotopic (exact) mass is 901 g/mol. The molecule has 1 heterocycles. The summed E-state index contributed by atoms with van der Waals surface area (Å²) in [5, 5.41) is 16.8. The number of carboxylic acid groups (broad SMARTS) is 1. The molecule has 0 radical (unpaired) electrons. The number of nitrogens with one attached hydrogen (secondary N) is 3. The summed E-state index contributed by atoms with van der Waals surface area (Å²) >= 11 is 0. The Bertz CT molecular complexity index is 1480. The maximum absolute atomic E-state index is 12.6. The topological polar surface area (TPSA) is 216 Å². The van der Waals surface area contributed by atoms with Gasteiger partial charge in [-0.25, -0.2) is 24.1 Å². The van der Waals surface area contributed by atoms with Gasteiger partial charge < -0.3 is 40.0 Å².